The van der Waals surface area contributed by atoms with Crippen molar-refractivity contribution in [3.05, 3.63) is 54.4 Å². The quantitative estimate of drug-likeness (QED) is 0.684. The Labute approximate surface area is 156 Å². The van der Waals surface area contributed by atoms with Gasteiger partial charge in [-0.2, -0.15) is 0 Å². The molecule has 0 saturated carbocycles. The molecule has 0 unspecified atom stereocenters. The van der Waals surface area contributed by atoms with E-state index in [1.807, 2.05) is 33.7 Å². The molecule has 4 rings (SSSR count). The number of hydrogen-bond acceptors (Lipinski definition) is 5. The Bertz CT molecular complexity index is 926. The highest BCUT2D eigenvalue weighted by atomic mass is 16.3. The summed E-state index contributed by atoms with van der Waals surface area (Å²) in [6, 6.07) is 9.13. The number of amides is 2. The zero-order chi connectivity index (χ0) is 18.6. The predicted molar refractivity (Wildman–Crippen MR) is 97.1 cm³/mol. The van der Waals surface area contributed by atoms with Gasteiger partial charge in [-0.1, -0.05) is 6.07 Å². The maximum Gasteiger partial charge on any atom is 0.289 e. The average molecular weight is 367 g/mol. The maximum absolute atomic E-state index is 12.5. The number of rotatable bonds is 5. The molecule has 2 amide bonds. The molecule has 1 aliphatic rings. The Morgan fingerprint density at radius 3 is 2.59 bits per heavy atom. The molecule has 3 aromatic rings. The molecule has 1 aliphatic heterocycles. The second kappa shape index (κ2) is 7.61. The van der Waals surface area contributed by atoms with Crippen LogP contribution in [0.3, 0.4) is 0 Å². The van der Waals surface area contributed by atoms with Crippen LogP contribution >= 0.6 is 0 Å². The molecule has 3 aromatic heterocycles. The highest BCUT2D eigenvalue weighted by molar-refractivity contribution is 5.91. The first-order chi connectivity index (χ1) is 13.2. The van der Waals surface area contributed by atoms with E-state index in [1.165, 1.54) is 6.26 Å². The molecule has 0 radical (unpaired) electrons. The number of carbonyl (C=O) groups excluding carboxylic acids is 2. The molecule has 1 saturated heterocycles. The predicted octanol–water partition coefficient (Wildman–Crippen LogP) is 1.63. The van der Waals surface area contributed by atoms with Gasteiger partial charge in [0.2, 0.25) is 5.91 Å². The van der Waals surface area contributed by atoms with Gasteiger partial charge in [0.05, 0.1) is 6.26 Å². The molecule has 0 aliphatic carbocycles. The van der Waals surface area contributed by atoms with Gasteiger partial charge < -0.3 is 14.2 Å². The molecule has 0 N–H and O–H groups in total. The molecule has 8 heteroatoms. The van der Waals surface area contributed by atoms with E-state index >= 15 is 0 Å². The monoisotopic (exact) mass is 367 g/mol. The van der Waals surface area contributed by atoms with Crippen molar-refractivity contribution in [1.82, 2.24) is 24.4 Å². The highest BCUT2D eigenvalue weighted by Gasteiger charge is 2.25. The van der Waals surface area contributed by atoms with Crippen molar-refractivity contribution in [2.24, 2.45) is 0 Å². The smallest absolute Gasteiger partial charge is 0.289 e. The van der Waals surface area contributed by atoms with Crippen molar-refractivity contribution in [2.45, 2.75) is 19.3 Å². The summed E-state index contributed by atoms with van der Waals surface area (Å²) in [5.41, 5.74) is 0.816. The third-order valence-corrected chi connectivity index (χ3v) is 4.83. The van der Waals surface area contributed by atoms with Gasteiger partial charge in [0.25, 0.3) is 5.91 Å². The summed E-state index contributed by atoms with van der Waals surface area (Å²) < 4.78 is 7.10. The third-order valence-electron chi connectivity index (χ3n) is 4.83. The van der Waals surface area contributed by atoms with Crippen molar-refractivity contribution in [2.75, 3.05) is 26.2 Å². The number of furan rings is 1. The fourth-order valence-electron chi connectivity index (χ4n) is 3.33. The SMILES string of the molecule is O=C(CCCc1nnc2ccccn12)N1CCN(C(=O)c2ccco2)CC1. The lowest BCUT2D eigenvalue weighted by Gasteiger charge is -2.34. The summed E-state index contributed by atoms with van der Waals surface area (Å²) in [5, 5.41) is 8.32. The van der Waals surface area contributed by atoms with E-state index in [4.69, 9.17) is 4.42 Å². The van der Waals surface area contributed by atoms with Crippen molar-refractivity contribution >= 4 is 17.5 Å². The molecular weight excluding hydrogens is 346 g/mol. The van der Waals surface area contributed by atoms with Crippen LogP contribution in [0, 0.1) is 0 Å². The number of carbonyl (C=O) groups is 2. The molecule has 0 bridgehead atoms. The van der Waals surface area contributed by atoms with E-state index in [0.717, 1.165) is 17.9 Å². The molecule has 0 aromatic carbocycles. The van der Waals surface area contributed by atoms with Gasteiger partial charge in [-0.3, -0.25) is 14.0 Å². The molecule has 4 heterocycles. The second-order valence-corrected chi connectivity index (χ2v) is 6.55. The van der Waals surface area contributed by atoms with Crippen LogP contribution in [0.25, 0.3) is 5.65 Å². The topological polar surface area (TPSA) is 84.0 Å². The number of pyridine rings is 1. The van der Waals surface area contributed by atoms with Gasteiger partial charge in [0.1, 0.15) is 5.82 Å². The first-order valence-electron chi connectivity index (χ1n) is 9.11. The minimum atomic E-state index is -0.120. The van der Waals surface area contributed by atoms with Gasteiger partial charge in [-0.25, -0.2) is 0 Å². The van der Waals surface area contributed by atoms with Crippen molar-refractivity contribution in [3.63, 3.8) is 0 Å². The molecule has 27 heavy (non-hydrogen) atoms. The first kappa shape index (κ1) is 17.3. The Balaban J connectivity index is 1.24. The lowest BCUT2D eigenvalue weighted by Crippen LogP contribution is -2.50. The Hall–Kier alpha value is -3.16. The Morgan fingerprint density at radius 2 is 1.81 bits per heavy atom. The van der Waals surface area contributed by atoms with E-state index in [9.17, 15) is 9.59 Å². The number of aromatic nitrogens is 3. The van der Waals surface area contributed by atoms with Crippen molar-refractivity contribution in [3.8, 4) is 0 Å². The van der Waals surface area contributed by atoms with E-state index in [2.05, 4.69) is 10.2 Å². The molecule has 8 nitrogen and oxygen atoms in total. The van der Waals surface area contributed by atoms with Crippen LogP contribution in [-0.2, 0) is 11.2 Å². The van der Waals surface area contributed by atoms with E-state index in [0.29, 0.717) is 44.8 Å². The first-order valence-corrected chi connectivity index (χ1v) is 9.11. The summed E-state index contributed by atoms with van der Waals surface area (Å²) in [5.74, 6) is 1.21. The van der Waals surface area contributed by atoms with Crippen LogP contribution < -0.4 is 0 Å². The van der Waals surface area contributed by atoms with Crippen molar-refractivity contribution in [1.29, 1.82) is 0 Å². The lowest BCUT2D eigenvalue weighted by molar-refractivity contribution is -0.132. The normalized spacial score (nSPS) is 14.7. The zero-order valence-electron chi connectivity index (χ0n) is 15.0. The second-order valence-electron chi connectivity index (χ2n) is 6.55. The van der Waals surface area contributed by atoms with Crippen LogP contribution in [0.2, 0.25) is 0 Å². The Morgan fingerprint density at radius 1 is 1.00 bits per heavy atom. The molecule has 0 atom stereocenters. The van der Waals surface area contributed by atoms with Crippen LogP contribution in [0.15, 0.2) is 47.2 Å². The van der Waals surface area contributed by atoms with Crippen LogP contribution in [0.5, 0.6) is 0 Å². The minimum Gasteiger partial charge on any atom is -0.459 e. The Kier molecular flexibility index (Phi) is 4.86. The van der Waals surface area contributed by atoms with Gasteiger partial charge in [0, 0.05) is 45.2 Å². The summed E-state index contributed by atoms with van der Waals surface area (Å²) >= 11 is 0. The molecule has 140 valence electrons. The van der Waals surface area contributed by atoms with Gasteiger partial charge >= 0.3 is 0 Å². The number of fused-ring (bicyclic) bond motifs is 1. The number of hydrogen-bond donors (Lipinski definition) is 0. The summed E-state index contributed by atoms with van der Waals surface area (Å²) in [4.78, 5) is 28.3. The van der Waals surface area contributed by atoms with Gasteiger partial charge in [-0.05, 0) is 30.7 Å². The van der Waals surface area contributed by atoms with E-state index in [-0.39, 0.29) is 11.8 Å². The average Bonchev–Trinajstić information content (AvgIpc) is 3.38. The zero-order valence-corrected chi connectivity index (χ0v) is 15.0. The van der Waals surface area contributed by atoms with Crippen LogP contribution in [0.1, 0.15) is 29.2 Å². The minimum absolute atomic E-state index is 0.119. The molecule has 1 fully saturated rings. The number of piperazine rings is 1. The number of aryl methyl sites for hydroxylation is 1. The summed E-state index contributed by atoms with van der Waals surface area (Å²) in [6.45, 7) is 2.17. The summed E-state index contributed by atoms with van der Waals surface area (Å²) in [7, 11) is 0. The highest BCUT2D eigenvalue weighted by Crippen LogP contribution is 2.12. The largest absolute Gasteiger partial charge is 0.459 e. The van der Waals surface area contributed by atoms with Gasteiger partial charge in [-0.15, -0.1) is 10.2 Å². The fraction of sp³-hybridized carbons (Fsp3) is 0.368. The fourth-order valence-corrected chi connectivity index (χ4v) is 3.33. The third kappa shape index (κ3) is 3.69. The van der Waals surface area contributed by atoms with Gasteiger partial charge in [0.15, 0.2) is 11.4 Å². The van der Waals surface area contributed by atoms with E-state index in [1.54, 1.807) is 17.0 Å². The van der Waals surface area contributed by atoms with Crippen LogP contribution in [0.4, 0.5) is 0 Å². The maximum atomic E-state index is 12.5. The van der Waals surface area contributed by atoms with Crippen molar-refractivity contribution < 1.29 is 14.0 Å². The lowest BCUT2D eigenvalue weighted by atomic mass is 10.2. The number of nitrogens with zero attached hydrogens (tertiary/aromatic N) is 5. The summed E-state index contributed by atoms with van der Waals surface area (Å²) in [6.07, 6.45) is 5.31. The van der Waals surface area contributed by atoms with E-state index < -0.39 is 0 Å². The molecular formula is C19H21N5O3. The molecule has 0 spiro atoms. The van der Waals surface area contributed by atoms with Crippen LogP contribution in [-0.4, -0.2) is 62.4 Å². The standard InChI is InChI=1S/C19H21N5O3/c25-18(8-3-7-17-21-20-16-6-1-2-9-24(16)17)22-10-12-23(13-11-22)19(26)15-5-4-14-27-15/h1-2,4-6,9,14H,3,7-8,10-13H2.